The van der Waals surface area contributed by atoms with Crippen LogP contribution in [-0.2, 0) is 11.4 Å². The van der Waals surface area contributed by atoms with E-state index in [0.717, 1.165) is 11.1 Å². The second-order valence-electron chi connectivity index (χ2n) is 5.92. The molecule has 1 atom stereocenters. The minimum absolute atomic E-state index is 0.451. The van der Waals surface area contributed by atoms with Crippen LogP contribution in [0.4, 0.5) is 0 Å². The quantitative estimate of drug-likeness (QED) is 0.667. The van der Waals surface area contributed by atoms with E-state index in [9.17, 15) is 4.79 Å². The van der Waals surface area contributed by atoms with Crippen LogP contribution in [0.2, 0.25) is 0 Å². The highest BCUT2D eigenvalue weighted by atomic mass is 16.5. The van der Waals surface area contributed by atoms with Gasteiger partial charge in [0.1, 0.15) is 18.1 Å². The van der Waals surface area contributed by atoms with Gasteiger partial charge in [-0.3, -0.25) is 0 Å². The van der Waals surface area contributed by atoms with Gasteiger partial charge in [-0.1, -0.05) is 48.5 Å². The number of carbonyl (C=O) groups is 1. The lowest BCUT2D eigenvalue weighted by Crippen LogP contribution is -2.22. The smallest absolute Gasteiger partial charge is 0.344 e. The van der Waals surface area contributed by atoms with E-state index in [1.807, 2.05) is 30.3 Å². The molecule has 0 fully saturated rings. The fraction of sp³-hybridized carbons (Fsp3) is 0.136. The summed E-state index contributed by atoms with van der Waals surface area (Å²) in [5.74, 6) is 0.201. The Labute approximate surface area is 152 Å². The molecule has 0 spiro atoms. The first-order valence-electron chi connectivity index (χ1n) is 8.38. The molecule has 0 aliphatic heterocycles. The fourth-order valence-electron chi connectivity index (χ4n) is 2.51. The lowest BCUT2D eigenvalue weighted by molar-refractivity contribution is -0.144. The molecule has 0 aromatic heterocycles. The Balaban J connectivity index is 1.62. The van der Waals surface area contributed by atoms with Gasteiger partial charge >= 0.3 is 5.97 Å². The molecule has 0 saturated heterocycles. The zero-order chi connectivity index (χ0) is 18.4. The van der Waals surface area contributed by atoms with E-state index < -0.39 is 12.1 Å². The van der Waals surface area contributed by atoms with E-state index in [0.29, 0.717) is 18.1 Å². The van der Waals surface area contributed by atoms with Crippen molar-refractivity contribution in [2.24, 2.45) is 0 Å². The van der Waals surface area contributed by atoms with E-state index >= 15 is 0 Å². The number of carboxylic acids is 1. The number of hydrogen-bond acceptors (Lipinski definition) is 3. The molecular formula is C22H20O4. The van der Waals surface area contributed by atoms with Gasteiger partial charge in [-0.2, -0.15) is 0 Å². The normalized spacial score (nSPS) is 11.6. The summed E-state index contributed by atoms with van der Waals surface area (Å²) < 4.78 is 11.1. The third-order valence-electron chi connectivity index (χ3n) is 3.92. The predicted octanol–water partition coefficient (Wildman–Crippen LogP) is 4.78. The Morgan fingerprint density at radius 1 is 0.885 bits per heavy atom. The average Bonchev–Trinajstić information content (AvgIpc) is 2.68. The van der Waals surface area contributed by atoms with Crippen molar-refractivity contribution in [1.29, 1.82) is 0 Å². The molecule has 3 aromatic carbocycles. The molecule has 132 valence electrons. The lowest BCUT2D eigenvalue weighted by atomic mass is 10.0. The second-order valence-corrected chi connectivity index (χ2v) is 5.92. The van der Waals surface area contributed by atoms with Crippen LogP contribution in [-0.4, -0.2) is 17.2 Å². The first kappa shape index (κ1) is 17.5. The van der Waals surface area contributed by atoms with Gasteiger partial charge in [0.15, 0.2) is 6.10 Å². The first-order chi connectivity index (χ1) is 12.6. The highest BCUT2D eigenvalue weighted by Gasteiger charge is 2.12. The Kier molecular flexibility index (Phi) is 5.54. The summed E-state index contributed by atoms with van der Waals surface area (Å²) in [7, 11) is 0. The van der Waals surface area contributed by atoms with Gasteiger partial charge in [0, 0.05) is 0 Å². The standard InChI is InChI=1S/C22H20O4/c1-16(22(23)24)26-21-12-10-20(11-13-21)25-15-17-6-5-9-19(14-17)18-7-3-2-4-8-18/h2-14,16H,15H2,1H3,(H,23,24). The lowest BCUT2D eigenvalue weighted by Gasteiger charge is -2.11. The van der Waals surface area contributed by atoms with Crippen molar-refractivity contribution >= 4 is 5.97 Å². The Hall–Kier alpha value is -3.27. The average molecular weight is 348 g/mol. The van der Waals surface area contributed by atoms with E-state index in [1.165, 1.54) is 12.5 Å². The molecular weight excluding hydrogens is 328 g/mol. The molecule has 0 amide bonds. The highest BCUT2D eigenvalue weighted by molar-refractivity contribution is 5.72. The van der Waals surface area contributed by atoms with Crippen LogP contribution < -0.4 is 9.47 Å². The van der Waals surface area contributed by atoms with Crippen LogP contribution in [0.5, 0.6) is 11.5 Å². The number of hydrogen-bond donors (Lipinski definition) is 1. The minimum atomic E-state index is -0.997. The number of carboxylic acid groups (broad SMARTS) is 1. The van der Waals surface area contributed by atoms with Gasteiger partial charge in [-0.25, -0.2) is 4.79 Å². The first-order valence-corrected chi connectivity index (χ1v) is 8.38. The van der Waals surface area contributed by atoms with Crippen LogP contribution in [0, 0.1) is 0 Å². The van der Waals surface area contributed by atoms with E-state index in [4.69, 9.17) is 14.6 Å². The van der Waals surface area contributed by atoms with Gasteiger partial charge in [0.2, 0.25) is 0 Å². The van der Waals surface area contributed by atoms with Crippen molar-refractivity contribution < 1.29 is 19.4 Å². The van der Waals surface area contributed by atoms with Gasteiger partial charge < -0.3 is 14.6 Å². The summed E-state index contributed by atoms with van der Waals surface area (Å²) in [5, 5.41) is 8.86. The number of aliphatic carboxylic acids is 1. The molecule has 0 aliphatic carbocycles. The van der Waals surface area contributed by atoms with Gasteiger partial charge in [0.05, 0.1) is 0 Å². The SMILES string of the molecule is CC(Oc1ccc(OCc2cccc(-c3ccccc3)c2)cc1)C(=O)O. The summed E-state index contributed by atoms with van der Waals surface area (Å²) in [4.78, 5) is 10.8. The molecule has 26 heavy (non-hydrogen) atoms. The fourth-order valence-corrected chi connectivity index (χ4v) is 2.51. The number of ether oxygens (including phenoxy) is 2. The summed E-state index contributed by atoms with van der Waals surface area (Å²) in [6.45, 7) is 1.94. The summed E-state index contributed by atoms with van der Waals surface area (Å²) >= 11 is 0. The van der Waals surface area contributed by atoms with Crippen molar-refractivity contribution in [3.05, 3.63) is 84.4 Å². The zero-order valence-electron chi connectivity index (χ0n) is 14.5. The number of benzene rings is 3. The topological polar surface area (TPSA) is 55.8 Å². The van der Waals surface area contributed by atoms with Gasteiger partial charge in [-0.15, -0.1) is 0 Å². The monoisotopic (exact) mass is 348 g/mol. The molecule has 1 unspecified atom stereocenters. The Morgan fingerprint density at radius 2 is 1.54 bits per heavy atom. The molecule has 4 heteroatoms. The molecule has 0 saturated carbocycles. The molecule has 0 bridgehead atoms. The van der Waals surface area contributed by atoms with Crippen LogP contribution in [0.1, 0.15) is 12.5 Å². The molecule has 0 radical (unpaired) electrons. The third-order valence-corrected chi connectivity index (χ3v) is 3.92. The van der Waals surface area contributed by atoms with Crippen molar-refractivity contribution in [2.75, 3.05) is 0 Å². The van der Waals surface area contributed by atoms with Crippen molar-refractivity contribution in [3.8, 4) is 22.6 Å². The van der Waals surface area contributed by atoms with Crippen LogP contribution >= 0.6 is 0 Å². The summed E-state index contributed by atoms with van der Waals surface area (Å²) in [6.07, 6.45) is -0.887. The van der Waals surface area contributed by atoms with E-state index in [2.05, 4.69) is 24.3 Å². The van der Waals surface area contributed by atoms with Crippen molar-refractivity contribution in [2.45, 2.75) is 19.6 Å². The molecule has 0 heterocycles. The zero-order valence-corrected chi connectivity index (χ0v) is 14.5. The van der Waals surface area contributed by atoms with Gasteiger partial charge in [-0.05, 0) is 53.9 Å². The summed E-state index contributed by atoms with van der Waals surface area (Å²) in [5.41, 5.74) is 3.40. The minimum Gasteiger partial charge on any atom is -0.489 e. The maximum Gasteiger partial charge on any atom is 0.344 e. The maximum atomic E-state index is 10.8. The highest BCUT2D eigenvalue weighted by Crippen LogP contribution is 2.22. The van der Waals surface area contributed by atoms with Crippen LogP contribution in [0.25, 0.3) is 11.1 Å². The molecule has 3 aromatic rings. The maximum absolute atomic E-state index is 10.8. The number of rotatable bonds is 7. The van der Waals surface area contributed by atoms with E-state index in [-0.39, 0.29) is 0 Å². The van der Waals surface area contributed by atoms with Crippen LogP contribution in [0.15, 0.2) is 78.9 Å². The van der Waals surface area contributed by atoms with Crippen molar-refractivity contribution in [1.82, 2.24) is 0 Å². The largest absolute Gasteiger partial charge is 0.489 e. The Bertz CT molecular complexity index is 857. The summed E-state index contributed by atoms with van der Waals surface area (Å²) in [6, 6.07) is 25.4. The van der Waals surface area contributed by atoms with Gasteiger partial charge in [0.25, 0.3) is 0 Å². The predicted molar refractivity (Wildman–Crippen MR) is 100 cm³/mol. The molecule has 0 aliphatic rings. The van der Waals surface area contributed by atoms with Crippen LogP contribution in [0.3, 0.4) is 0 Å². The van der Waals surface area contributed by atoms with E-state index in [1.54, 1.807) is 24.3 Å². The Morgan fingerprint density at radius 3 is 2.23 bits per heavy atom. The van der Waals surface area contributed by atoms with Crippen molar-refractivity contribution in [3.63, 3.8) is 0 Å². The third kappa shape index (κ3) is 4.63. The molecule has 4 nitrogen and oxygen atoms in total. The molecule has 1 N–H and O–H groups in total. The molecule has 3 rings (SSSR count). The second kappa shape index (κ2) is 8.21.